The van der Waals surface area contributed by atoms with Gasteiger partial charge in [0.15, 0.2) is 6.61 Å². The molecule has 7 heteroatoms. The number of hydrogen-bond donors (Lipinski definition) is 1. The van der Waals surface area contributed by atoms with Gasteiger partial charge >= 0.3 is 0 Å². The zero-order chi connectivity index (χ0) is 22.3. The summed E-state index contributed by atoms with van der Waals surface area (Å²) >= 11 is 9.36. The van der Waals surface area contributed by atoms with Crippen LogP contribution in [-0.4, -0.2) is 34.9 Å². The Morgan fingerprint density at radius 2 is 1.70 bits per heavy atom. The molecule has 0 spiro atoms. The number of nitrogens with zero attached hydrogens (tertiary/aromatic N) is 1. The first-order valence-corrected chi connectivity index (χ1v) is 11.0. The Hall–Kier alpha value is -2.05. The minimum atomic E-state index is -0.610. The quantitative estimate of drug-likeness (QED) is 0.547. The third kappa shape index (κ3) is 7.65. The normalized spacial score (nSPS) is 12.2. The molecule has 1 atom stereocenters. The second-order valence-corrected chi connectivity index (χ2v) is 9.41. The Morgan fingerprint density at radius 1 is 1.10 bits per heavy atom. The van der Waals surface area contributed by atoms with Crippen molar-refractivity contribution in [3.63, 3.8) is 0 Å². The Balaban J connectivity index is 2.21. The molecule has 0 saturated heterocycles. The van der Waals surface area contributed by atoms with Crippen molar-refractivity contribution < 1.29 is 14.3 Å². The maximum Gasteiger partial charge on any atom is 0.261 e. The van der Waals surface area contributed by atoms with Crippen molar-refractivity contribution >= 4 is 39.3 Å². The fraction of sp³-hybridized carbons (Fsp3) is 0.391. The van der Waals surface area contributed by atoms with E-state index < -0.39 is 11.6 Å². The smallest absolute Gasteiger partial charge is 0.261 e. The number of benzene rings is 2. The summed E-state index contributed by atoms with van der Waals surface area (Å²) in [5.41, 5.74) is 0.492. The summed E-state index contributed by atoms with van der Waals surface area (Å²) in [7, 11) is 0. The minimum Gasteiger partial charge on any atom is -0.484 e. The van der Waals surface area contributed by atoms with E-state index >= 15 is 0 Å². The van der Waals surface area contributed by atoms with Crippen LogP contribution in [0.5, 0.6) is 5.75 Å². The van der Waals surface area contributed by atoms with Gasteiger partial charge in [0.25, 0.3) is 5.91 Å². The molecule has 0 fully saturated rings. The van der Waals surface area contributed by atoms with Crippen molar-refractivity contribution in [2.75, 3.05) is 6.61 Å². The molecule has 162 valence electrons. The van der Waals surface area contributed by atoms with Gasteiger partial charge in [-0.15, -0.1) is 0 Å². The standard InChI is InChI=1S/C23H28BrClN2O3/c1-5-20(22(29)26-23(2,3)4)27(14-16-6-10-18(25)11-7-16)21(28)15-30-19-12-8-17(24)9-13-19/h6-13,20H,5,14-15H2,1-4H3,(H,26,29)/t20-/m1/s1. The molecule has 0 heterocycles. The van der Waals surface area contributed by atoms with Crippen molar-refractivity contribution in [2.45, 2.75) is 52.2 Å². The summed E-state index contributed by atoms with van der Waals surface area (Å²) in [6.07, 6.45) is 0.486. The molecule has 0 saturated carbocycles. The third-order valence-electron chi connectivity index (χ3n) is 4.33. The van der Waals surface area contributed by atoms with Crippen LogP contribution in [0, 0.1) is 0 Å². The van der Waals surface area contributed by atoms with Crippen molar-refractivity contribution in [3.8, 4) is 5.75 Å². The lowest BCUT2D eigenvalue weighted by molar-refractivity contribution is -0.143. The molecule has 2 amide bonds. The van der Waals surface area contributed by atoms with E-state index in [-0.39, 0.29) is 25.0 Å². The molecule has 1 N–H and O–H groups in total. The van der Waals surface area contributed by atoms with Crippen LogP contribution in [-0.2, 0) is 16.1 Å². The molecule has 5 nitrogen and oxygen atoms in total. The zero-order valence-electron chi connectivity index (χ0n) is 17.7. The number of rotatable bonds is 8. The summed E-state index contributed by atoms with van der Waals surface area (Å²) in [5.74, 6) is 0.143. The van der Waals surface area contributed by atoms with Gasteiger partial charge in [-0.3, -0.25) is 9.59 Å². The Morgan fingerprint density at radius 3 is 2.23 bits per heavy atom. The highest BCUT2D eigenvalue weighted by Crippen LogP contribution is 2.18. The summed E-state index contributed by atoms with van der Waals surface area (Å²) in [6.45, 7) is 7.77. The Bertz CT molecular complexity index is 848. The summed E-state index contributed by atoms with van der Waals surface area (Å²) < 4.78 is 6.60. The van der Waals surface area contributed by atoms with E-state index in [2.05, 4.69) is 21.2 Å². The highest BCUT2D eigenvalue weighted by molar-refractivity contribution is 9.10. The zero-order valence-corrected chi connectivity index (χ0v) is 20.1. The molecule has 0 bridgehead atoms. The highest BCUT2D eigenvalue weighted by Gasteiger charge is 2.30. The SMILES string of the molecule is CC[C@H](C(=O)NC(C)(C)C)N(Cc1ccc(Cl)cc1)C(=O)COc1ccc(Br)cc1. The maximum absolute atomic E-state index is 13.1. The molecule has 2 rings (SSSR count). The molecule has 0 aliphatic rings. The molecule has 0 aliphatic heterocycles. The van der Waals surface area contributed by atoms with Gasteiger partial charge in [-0.25, -0.2) is 0 Å². The van der Waals surface area contributed by atoms with E-state index in [1.54, 1.807) is 29.2 Å². The number of ether oxygens (including phenoxy) is 1. The van der Waals surface area contributed by atoms with E-state index in [0.29, 0.717) is 17.2 Å². The van der Waals surface area contributed by atoms with Crippen LogP contribution in [0.1, 0.15) is 39.7 Å². The van der Waals surface area contributed by atoms with Crippen molar-refractivity contribution in [2.24, 2.45) is 0 Å². The number of carbonyl (C=O) groups excluding carboxylic acids is 2. The second-order valence-electron chi connectivity index (χ2n) is 8.05. The summed E-state index contributed by atoms with van der Waals surface area (Å²) in [4.78, 5) is 27.6. The van der Waals surface area contributed by atoms with Crippen LogP contribution in [0.3, 0.4) is 0 Å². The minimum absolute atomic E-state index is 0.158. The topological polar surface area (TPSA) is 58.6 Å². The largest absolute Gasteiger partial charge is 0.484 e. The Kier molecular flexibility index (Phi) is 8.74. The monoisotopic (exact) mass is 494 g/mol. The highest BCUT2D eigenvalue weighted by atomic mass is 79.9. The van der Waals surface area contributed by atoms with E-state index in [9.17, 15) is 9.59 Å². The predicted octanol–water partition coefficient (Wildman–Crippen LogP) is 5.20. The van der Waals surface area contributed by atoms with Gasteiger partial charge < -0.3 is 15.0 Å². The second kappa shape index (κ2) is 10.8. The molecular weight excluding hydrogens is 468 g/mol. The molecule has 0 radical (unpaired) electrons. The molecule has 0 aliphatic carbocycles. The number of carbonyl (C=O) groups is 2. The predicted molar refractivity (Wildman–Crippen MR) is 124 cm³/mol. The average molecular weight is 496 g/mol. The molecule has 0 unspecified atom stereocenters. The van der Waals surface area contributed by atoms with E-state index in [1.165, 1.54) is 0 Å². The van der Waals surface area contributed by atoms with Crippen molar-refractivity contribution in [1.82, 2.24) is 10.2 Å². The molecule has 0 aromatic heterocycles. The van der Waals surface area contributed by atoms with Gasteiger partial charge in [0.2, 0.25) is 5.91 Å². The van der Waals surface area contributed by atoms with Gasteiger partial charge in [0.1, 0.15) is 11.8 Å². The fourth-order valence-electron chi connectivity index (χ4n) is 2.92. The molecular formula is C23H28BrClN2O3. The fourth-order valence-corrected chi connectivity index (χ4v) is 3.31. The van der Waals surface area contributed by atoms with E-state index in [1.807, 2.05) is 52.0 Å². The number of amides is 2. The first kappa shape index (κ1) is 24.2. The Labute approximate surface area is 191 Å². The van der Waals surface area contributed by atoms with Crippen molar-refractivity contribution in [3.05, 3.63) is 63.6 Å². The van der Waals surface area contributed by atoms with E-state index in [0.717, 1.165) is 10.0 Å². The van der Waals surface area contributed by atoms with Crippen LogP contribution >= 0.6 is 27.5 Å². The van der Waals surface area contributed by atoms with Gasteiger partial charge in [0, 0.05) is 21.6 Å². The first-order chi connectivity index (χ1) is 14.1. The third-order valence-corrected chi connectivity index (χ3v) is 5.11. The number of halogens is 2. The summed E-state index contributed by atoms with van der Waals surface area (Å²) in [5, 5.41) is 3.60. The van der Waals surface area contributed by atoms with Gasteiger partial charge in [-0.2, -0.15) is 0 Å². The number of hydrogen-bond acceptors (Lipinski definition) is 3. The molecule has 2 aromatic rings. The first-order valence-electron chi connectivity index (χ1n) is 9.83. The van der Waals surface area contributed by atoms with Gasteiger partial charge in [0.05, 0.1) is 0 Å². The lowest BCUT2D eigenvalue weighted by Gasteiger charge is -2.33. The average Bonchev–Trinajstić information content (AvgIpc) is 2.67. The van der Waals surface area contributed by atoms with Crippen molar-refractivity contribution in [1.29, 1.82) is 0 Å². The van der Waals surface area contributed by atoms with Crippen LogP contribution in [0.25, 0.3) is 0 Å². The lowest BCUT2D eigenvalue weighted by atomic mass is 10.1. The lowest BCUT2D eigenvalue weighted by Crippen LogP contribution is -2.54. The van der Waals surface area contributed by atoms with Crippen LogP contribution in [0.2, 0.25) is 5.02 Å². The maximum atomic E-state index is 13.1. The van der Waals surface area contributed by atoms with Crippen LogP contribution in [0.4, 0.5) is 0 Å². The van der Waals surface area contributed by atoms with Crippen LogP contribution in [0.15, 0.2) is 53.0 Å². The molecule has 2 aromatic carbocycles. The van der Waals surface area contributed by atoms with Crippen LogP contribution < -0.4 is 10.1 Å². The van der Waals surface area contributed by atoms with Gasteiger partial charge in [-0.1, -0.05) is 46.6 Å². The van der Waals surface area contributed by atoms with E-state index in [4.69, 9.17) is 16.3 Å². The van der Waals surface area contributed by atoms with Gasteiger partial charge in [-0.05, 0) is 69.2 Å². The number of nitrogens with one attached hydrogen (secondary N) is 1. The molecule has 30 heavy (non-hydrogen) atoms. The summed E-state index contributed by atoms with van der Waals surface area (Å²) in [6, 6.07) is 13.9.